The van der Waals surface area contributed by atoms with Gasteiger partial charge in [-0.15, -0.1) is 11.8 Å². The highest BCUT2D eigenvalue weighted by Crippen LogP contribution is 2.23. The molecule has 0 aliphatic heterocycles. The molecule has 0 aromatic carbocycles. The van der Waals surface area contributed by atoms with Crippen molar-refractivity contribution in [1.29, 1.82) is 0 Å². The second-order valence-corrected chi connectivity index (χ2v) is 5.23. The van der Waals surface area contributed by atoms with E-state index in [4.69, 9.17) is 11.6 Å². The summed E-state index contributed by atoms with van der Waals surface area (Å²) in [6.07, 6.45) is 1.77. The van der Waals surface area contributed by atoms with E-state index in [1.807, 2.05) is 12.1 Å². The van der Waals surface area contributed by atoms with Crippen molar-refractivity contribution < 1.29 is 0 Å². The number of nitrogens with one attached hydrogen (secondary N) is 1. The van der Waals surface area contributed by atoms with Crippen LogP contribution in [0.2, 0.25) is 5.02 Å². The first-order valence-corrected chi connectivity index (χ1v) is 6.50. The largest absolute Gasteiger partial charge is 0.316 e. The monoisotopic (exact) mass is 244 g/mol. The number of hydrogen-bond acceptors (Lipinski definition) is 3. The molecular formula is C11H17ClN2S. The minimum Gasteiger partial charge on any atom is -0.316 e. The summed E-state index contributed by atoms with van der Waals surface area (Å²) in [5.74, 6) is 1.71. The van der Waals surface area contributed by atoms with E-state index in [0.717, 1.165) is 28.9 Å². The van der Waals surface area contributed by atoms with Gasteiger partial charge in [0.1, 0.15) is 5.03 Å². The number of hydrogen-bond donors (Lipinski definition) is 1. The van der Waals surface area contributed by atoms with E-state index in [0.29, 0.717) is 5.92 Å². The van der Waals surface area contributed by atoms with Crippen molar-refractivity contribution in [1.82, 2.24) is 10.3 Å². The van der Waals surface area contributed by atoms with Crippen molar-refractivity contribution in [3.63, 3.8) is 0 Å². The second kappa shape index (κ2) is 7.09. The van der Waals surface area contributed by atoms with Crippen LogP contribution in [0.4, 0.5) is 0 Å². The summed E-state index contributed by atoms with van der Waals surface area (Å²) in [5.41, 5.74) is 0. The fourth-order valence-electron chi connectivity index (χ4n) is 1.09. The number of rotatable bonds is 6. The van der Waals surface area contributed by atoms with E-state index in [1.54, 1.807) is 18.0 Å². The quantitative estimate of drug-likeness (QED) is 0.615. The van der Waals surface area contributed by atoms with Gasteiger partial charge in [-0.3, -0.25) is 0 Å². The fourth-order valence-corrected chi connectivity index (χ4v) is 2.15. The summed E-state index contributed by atoms with van der Waals surface area (Å²) in [6, 6.07) is 3.72. The van der Waals surface area contributed by atoms with Crippen LogP contribution < -0.4 is 5.32 Å². The second-order valence-electron chi connectivity index (χ2n) is 3.74. The van der Waals surface area contributed by atoms with Gasteiger partial charge < -0.3 is 5.32 Å². The van der Waals surface area contributed by atoms with Crippen LogP contribution >= 0.6 is 23.4 Å². The average Bonchev–Trinajstić information content (AvgIpc) is 2.20. The van der Waals surface area contributed by atoms with E-state index < -0.39 is 0 Å². The van der Waals surface area contributed by atoms with Crippen LogP contribution in [0.15, 0.2) is 23.4 Å². The highest BCUT2D eigenvalue weighted by molar-refractivity contribution is 7.99. The number of aromatic nitrogens is 1. The molecule has 0 unspecified atom stereocenters. The Morgan fingerprint density at radius 2 is 2.33 bits per heavy atom. The van der Waals surface area contributed by atoms with Crippen LogP contribution in [0, 0.1) is 5.92 Å². The average molecular weight is 245 g/mol. The molecule has 0 spiro atoms. The lowest BCUT2D eigenvalue weighted by Crippen LogP contribution is -2.22. The third-order valence-electron chi connectivity index (χ3n) is 1.79. The Labute approximate surface area is 101 Å². The first kappa shape index (κ1) is 12.8. The zero-order valence-corrected chi connectivity index (χ0v) is 10.7. The van der Waals surface area contributed by atoms with Gasteiger partial charge in [0.05, 0.1) is 5.02 Å². The van der Waals surface area contributed by atoms with Crippen molar-refractivity contribution >= 4 is 23.4 Å². The number of nitrogens with zero attached hydrogens (tertiary/aromatic N) is 1. The number of pyridine rings is 1. The summed E-state index contributed by atoms with van der Waals surface area (Å²) in [7, 11) is 0. The summed E-state index contributed by atoms with van der Waals surface area (Å²) >= 11 is 7.68. The molecule has 1 N–H and O–H groups in total. The highest BCUT2D eigenvalue weighted by atomic mass is 35.5. The van der Waals surface area contributed by atoms with Gasteiger partial charge in [0.2, 0.25) is 0 Å². The maximum atomic E-state index is 5.98. The van der Waals surface area contributed by atoms with Crippen LogP contribution in [0.3, 0.4) is 0 Å². The smallest absolute Gasteiger partial charge is 0.115 e. The molecule has 0 bridgehead atoms. The van der Waals surface area contributed by atoms with Gasteiger partial charge in [0.15, 0.2) is 0 Å². The lowest BCUT2D eigenvalue weighted by molar-refractivity contribution is 0.568. The Morgan fingerprint density at radius 1 is 1.53 bits per heavy atom. The minimum atomic E-state index is 0.702. The van der Waals surface area contributed by atoms with Crippen LogP contribution in [0.5, 0.6) is 0 Å². The summed E-state index contributed by atoms with van der Waals surface area (Å²) in [5, 5.41) is 5.05. The molecule has 2 nitrogen and oxygen atoms in total. The van der Waals surface area contributed by atoms with Gasteiger partial charge in [0.25, 0.3) is 0 Å². The fraction of sp³-hybridized carbons (Fsp3) is 0.545. The molecule has 1 rings (SSSR count). The summed E-state index contributed by atoms with van der Waals surface area (Å²) in [4.78, 5) is 4.21. The zero-order valence-electron chi connectivity index (χ0n) is 9.16. The molecule has 15 heavy (non-hydrogen) atoms. The Balaban J connectivity index is 2.18. The van der Waals surface area contributed by atoms with E-state index in [1.165, 1.54) is 0 Å². The molecule has 0 aliphatic rings. The normalized spacial score (nSPS) is 10.9. The first-order chi connectivity index (χ1) is 7.20. The van der Waals surface area contributed by atoms with Gasteiger partial charge in [-0.2, -0.15) is 0 Å². The highest BCUT2D eigenvalue weighted by Gasteiger charge is 2.00. The molecule has 4 heteroatoms. The van der Waals surface area contributed by atoms with Gasteiger partial charge in [-0.25, -0.2) is 4.98 Å². The van der Waals surface area contributed by atoms with Crippen molar-refractivity contribution in [2.75, 3.05) is 18.8 Å². The maximum absolute atomic E-state index is 5.98. The van der Waals surface area contributed by atoms with Crippen LogP contribution in [0.1, 0.15) is 13.8 Å². The van der Waals surface area contributed by atoms with E-state index in [2.05, 4.69) is 24.1 Å². The van der Waals surface area contributed by atoms with Crippen molar-refractivity contribution in [2.45, 2.75) is 18.9 Å². The molecule has 1 heterocycles. The summed E-state index contributed by atoms with van der Waals surface area (Å²) < 4.78 is 0. The molecule has 1 aromatic heterocycles. The number of thioether (sulfide) groups is 1. The zero-order chi connectivity index (χ0) is 11.1. The lowest BCUT2D eigenvalue weighted by atomic mass is 10.2. The van der Waals surface area contributed by atoms with E-state index in [9.17, 15) is 0 Å². The van der Waals surface area contributed by atoms with Crippen LogP contribution in [0.25, 0.3) is 0 Å². The molecule has 0 radical (unpaired) electrons. The predicted octanol–water partition coefficient (Wildman–Crippen LogP) is 3.07. The third-order valence-corrected chi connectivity index (χ3v) is 3.22. The topological polar surface area (TPSA) is 24.9 Å². The Kier molecular flexibility index (Phi) is 6.06. The van der Waals surface area contributed by atoms with Gasteiger partial charge in [-0.05, 0) is 24.6 Å². The van der Waals surface area contributed by atoms with Gasteiger partial charge in [0, 0.05) is 18.5 Å². The van der Waals surface area contributed by atoms with E-state index >= 15 is 0 Å². The first-order valence-electron chi connectivity index (χ1n) is 5.14. The Bertz CT molecular complexity index is 292. The standard InChI is InChI=1S/C11H17ClN2S/c1-9(2)8-13-6-7-15-11-10(12)4-3-5-14-11/h3-5,9,13H,6-8H2,1-2H3. The maximum Gasteiger partial charge on any atom is 0.115 e. The predicted molar refractivity (Wildman–Crippen MR) is 67.7 cm³/mol. The molecule has 0 fully saturated rings. The number of halogens is 1. The molecule has 1 aromatic rings. The Morgan fingerprint density at radius 3 is 3.00 bits per heavy atom. The molecule has 0 atom stereocenters. The molecule has 0 amide bonds. The van der Waals surface area contributed by atoms with Gasteiger partial charge in [-0.1, -0.05) is 25.4 Å². The van der Waals surface area contributed by atoms with E-state index in [-0.39, 0.29) is 0 Å². The Hall–Kier alpha value is -0.250. The molecular weight excluding hydrogens is 228 g/mol. The minimum absolute atomic E-state index is 0.702. The van der Waals surface area contributed by atoms with Gasteiger partial charge >= 0.3 is 0 Å². The van der Waals surface area contributed by atoms with Crippen molar-refractivity contribution in [2.24, 2.45) is 5.92 Å². The summed E-state index contributed by atoms with van der Waals surface area (Å²) in [6.45, 7) is 6.47. The SMILES string of the molecule is CC(C)CNCCSc1ncccc1Cl. The third kappa shape index (κ3) is 5.40. The van der Waals surface area contributed by atoms with Crippen molar-refractivity contribution in [3.8, 4) is 0 Å². The molecule has 84 valence electrons. The molecule has 0 saturated heterocycles. The van der Waals surface area contributed by atoms with Crippen molar-refractivity contribution in [3.05, 3.63) is 23.4 Å². The lowest BCUT2D eigenvalue weighted by Gasteiger charge is -2.07. The van der Waals surface area contributed by atoms with Crippen LogP contribution in [-0.4, -0.2) is 23.8 Å². The van der Waals surface area contributed by atoms with Crippen LogP contribution in [-0.2, 0) is 0 Å². The molecule has 0 aliphatic carbocycles. The molecule has 0 saturated carbocycles.